The third-order valence-corrected chi connectivity index (χ3v) is 8.05. The molecule has 0 spiro atoms. The highest BCUT2D eigenvalue weighted by Crippen LogP contribution is 2.25. The van der Waals surface area contributed by atoms with E-state index in [4.69, 9.17) is 34.8 Å². The summed E-state index contributed by atoms with van der Waals surface area (Å²) in [6.45, 7) is 3.26. The molecule has 43 heavy (non-hydrogen) atoms. The minimum atomic E-state index is 0.0553. The van der Waals surface area contributed by atoms with E-state index >= 15 is 0 Å². The molecule has 0 amide bonds. The number of rotatable bonds is 8. The van der Waals surface area contributed by atoms with Gasteiger partial charge in [-0.15, -0.1) is 5.53 Å². The van der Waals surface area contributed by atoms with Gasteiger partial charge in [0, 0.05) is 69.7 Å². The maximum Gasteiger partial charge on any atom is 0.187 e. The van der Waals surface area contributed by atoms with Gasteiger partial charge in [0.05, 0.1) is 18.3 Å². The number of aromatic nitrogens is 1. The third kappa shape index (κ3) is 7.39. The van der Waals surface area contributed by atoms with Crippen molar-refractivity contribution in [2.45, 2.75) is 0 Å². The summed E-state index contributed by atoms with van der Waals surface area (Å²) in [4.78, 5) is 20.2. The van der Waals surface area contributed by atoms with Crippen LogP contribution in [0.15, 0.2) is 102 Å². The summed E-state index contributed by atoms with van der Waals surface area (Å²) < 4.78 is 0. The number of nitrogens with two attached hydrogens (primary N) is 1. The van der Waals surface area contributed by atoms with E-state index in [1.54, 1.807) is 6.20 Å². The molecule has 218 valence electrons. The Balaban J connectivity index is 1.14. The molecule has 10 heteroatoms. The summed E-state index contributed by atoms with van der Waals surface area (Å²) in [7, 11) is 0. The quantitative estimate of drug-likeness (QED) is 0.169. The van der Waals surface area contributed by atoms with Crippen molar-refractivity contribution in [2.24, 2.45) is 0 Å². The number of Topliss-reactive ketones (excluding diaryl/α,β-unsaturated/α-hetero) is 1. The number of fused-ring (bicyclic) bond motifs is 1. The molecule has 3 aromatic carbocycles. The second-order valence-corrected chi connectivity index (χ2v) is 11.8. The Morgan fingerprint density at radius 1 is 0.860 bits per heavy atom. The number of piperidine rings is 1. The van der Waals surface area contributed by atoms with Gasteiger partial charge in [-0.2, -0.15) is 0 Å². The lowest BCUT2D eigenvalue weighted by Gasteiger charge is -2.29. The normalized spacial score (nSPS) is 17.5. The van der Waals surface area contributed by atoms with Crippen molar-refractivity contribution >= 4 is 69.3 Å². The molecule has 0 radical (unpaired) electrons. The molecule has 0 unspecified atom stereocenters. The molecule has 7 nitrogen and oxygen atoms in total. The van der Waals surface area contributed by atoms with E-state index in [-0.39, 0.29) is 5.78 Å². The predicted octanol–water partition coefficient (Wildman–Crippen LogP) is 5.80. The molecule has 0 aliphatic carbocycles. The average Bonchev–Trinajstić information content (AvgIpc) is 3.44. The minimum absolute atomic E-state index is 0.0553. The second-order valence-electron chi connectivity index (χ2n) is 10.5. The standard InChI is InChI=1S/C33H29Cl3N6O/c34-26-5-1-22(2-6-26)15-24-18-41(19-25(33(24)43)16-23-3-7-27(35)8-4-23)20-29-21-42(40-39-29)14-13-38-31-11-12-37-32-17-28(36)9-10-30(31)32/h1-12,15-17,21,39-40H,13-14,18-20H2,(H,37,38)/p+1/b24-15+,25-16+. The zero-order chi connectivity index (χ0) is 29.8. The monoisotopic (exact) mass is 631 g/mol. The molecule has 1 fully saturated rings. The second kappa shape index (κ2) is 13.2. The predicted molar refractivity (Wildman–Crippen MR) is 175 cm³/mol. The van der Waals surface area contributed by atoms with E-state index in [2.05, 4.69) is 31.8 Å². The van der Waals surface area contributed by atoms with Gasteiger partial charge in [-0.1, -0.05) is 59.1 Å². The number of hydrogen-bond donors (Lipinski definition) is 3. The van der Waals surface area contributed by atoms with E-state index in [1.165, 1.54) is 0 Å². The van der Waals surface area contributed by atoms with Crippen LogP contribution in [0.3, 0.4) is 0 Å². The van der Waals surface area contributed by atoms with Crippen LogP contribution < -0.4 is 16.3 Å². The lowest BCUT2D eigenvalue weighted by molar-refractivity contribution is -0.822. The van der Waals surface area contributed by atoms with Gasteiger partial charge in [-0.25, -0.2) is 10.4 Å². The Morgan fingerprint density at radius 2 is 1.49 bits per heavy atom. The van der Waals surface area contributed by atoms with Crippen molar-refractivity contribution < 1.29 is 10.3 Å². The first-order valence-electron chi connectivity index (χ1n) is 13.9. The zero-order valence-corrected chi connectivity index (χ0v) is 25.5. The number of ketones is 1. The molecule has 4 aromatic rings. The number of carbonyl (C=O) groups is 1. The zero-order valence-electron chi connectivity index (χ0n) is 23.2. The fourth-order valence-electron chi connectivity index (χ4n) is 5.23. The number of hydrogen-bond acceptors (Lipinski definition) is 6. The first kappa shape index (κ1) is 29.2. The van der Waals surface area contributed by atoms with Crippen molar-refractivity contribution in [2.75, 3.05) is 38.0 Å². The maximum atomic E-state index is 13.6. The van der Waals surface area contributed by atoms with Gasteiger partial charge in [-0.05, 0) is 71.8 Å². The summed E-state index contributed by atoms with van der Waals surface area (Å²) in [5, 5.41) is 8.69. The van der Waals surface area contributed by atoms with E-state index in [0.29, 0.717) is 34.7 Å². The molecular formula is C33H30Cl3N6O+. The molecule has 0 saturated carbocycles. The Hall–Kier alpha value is -3.85. The van der Waals surface area contributed by atoms with Gasteiger partial charge < -0.3 is 5.32 Å². The summed E-state index contributed by atoms with van der Waals surface area (Å²) in [5.74, 6) is 0.0553. The number of benzene rings is 3. The number of halogens is 3. The Bertz CT molecular complexity index is 1670. The molecule has 6 rings (SSSR count). The van der Waals surface area contributed by atoms with Gasteiger partial charge >= 0.3 is 0 Å². The number of nitrogens with one attached hydrogen (secondary N) is 2. The van der Waals surface area contributed by atoms with Crippen LogP contribution in [0.4, 0.5) is 5.69 Å². The number of nitrogens with zero attached hydrogens (tertiary/aromatic N) is 3. The maximum absolute atomic E-state index is 13.6. The largest absolute Gasteiger partial charge is 0.382 e. The lowest BCUT2D eigenvalue weighted by Crippen LogP contribution is -2.97. The summed E-state index contributed by atoms with van der Waals surface area (Å²) in [5.41, 5.74) is 11.7. The summed E-state index contributed by atoms with van der Waals surface area (Å²) in [6, 6.07) is 22.8. The van der Waals surface area contributed by atoms with Gasteiger partial charge in [-0.3, -0.25) is 14.7 Å². The summed E-state index contributed by atoms with van der Waals surface area (Å²) >= 11 is 18.3. The molecule has 1 aromatic heterocycles. The topological polar surface area (TPSA) is 77.1 Å². The van der Waals surface area contributed by atoms with Crippen LogP contribution in [0.2, 0.25) is 15.1 Å². The fourth-order valence-corrected chi connectivity index (χ4v) is 5.65. The Morgan fingerprint density at radius 3 is 2.14 bits per heavy atom. The van der Waals surface area contributed by atoms with Crippen LogP contribution in [0.25, 0.3) is 23.1 Å². The van der Waals surface area contributed by atoms with Crippen LogP contribution in [-0.2, 0) is 4.79 Å². The molecule has 0 bridgehead atoms. The van der Waals surface area contributed by atoms with Crippen molar-refractivity contribution in [3.8, 4) is 0 Å². The number of pyridine rings is 1. The average molecular weight is 633 g/mol. The van der Waals surface area contributed by atoms with Gasteiger partial charge in [0.1, 0.15) is 5.70 Å². The van der Waals surface area contributed by atoms with Gasteiger partial charge in [0.2, 0.25) is 0 Å². The smallest absolute Gasteiger partial charge is 0.187 e. The van der Waals surface area contributed by atoms with E-state index < -0.39 is 0 Å². The lowest BCUT2D eigenvalue weighted by atomic mass is 9.94. The van der Waals surface area contributed by atoms with Crippen LogP contribution >= 0.6 is 34.8 Å². The van der Waals surface area contributed by atoms with E-state index in [9.17, 15) is 4.79 Å². The highest BCUT2D eigenvalue weighted by atomic mass is 35.5. The fraction of sp³-hybridized carbons (Fsp3) is 0.152. The van der Waals surface area contributed by atoms with Crippen LogP contribution in [-0.4, -0.2) is 53.4 Å². The van der Waals surface area contributed by atoms with Gasteiger partial charge in [0.25, 0.3) is 0 Å². The van der Waals surface area contributed by atoms with E-state index in [0.717, 1.165) is 57.6 Å². The highest BCUT2D eigenvalue weighted by molar-refractivity contribution is 6.31. The Kier molecular flexibility index (Phi) is 8.98. The van der Waals surface area contributed by atoms with E-state index in [1.807, 2.05) is 90.5 Å². The van der Waals surface area contributed by atoms with Crippen LogP contribution in [0, 0.1) is 0 Å². The van der Waals surface area contributed by atoms with Crippen molar-refractivity contribution in [3.05, 3.63) is 128 Å². The number of quaternary nitrogens is 1. The van der Waals surface area contributed by atoms with Crippen molar-refractivity contribution in [1.82, 2.24) is 20.3 Å². The number of carbonyl (C=O) groups excluding carboxylic acids is 1. The molecule has 0 atom stereocenters. The number of likely N-dealkylation sites (tertiary alicyclic amines) is 1. The van der Waals surface area contributed by atoms with Gasteiger partial charge in [0.15, 0.2) is 5.78 Å². The first-order chi connectivity index (χ1) is 20.9. The van der Waals surface area contributed by atoms with Crippen LogP contribution in [0.5, 0.6) is 0 Å². The summed E-state index contributed by atoms with van der Waals surface area (Å²) in [6.07, 6.45) is 7.82. The number of anilines is 1. The minimum Gasteiger partial charge on any atom is -0.382 e. The van der Waals surface area contributed by atoms with Crippen LogP contribution in [0.1, 0.15) is 11.1 Å². The molecular weight excluding hydrogens is 603 g/mol. The van der Waals surface area contributed by atoms with Crippen molar-refractivity contribution in [1.29, 1.82) is 0 Å². The first-order valence-corrected chi connectivity index (χ1v) is 15.1. The van der Waals surface area contributed by atoms with Crippen molar-refractivity contribution in [3.63, 3.8) is 0 Å². The Labute approximate surface area is 265 Å². The molecule has 2 aliphatic heterocycles. The molecule has 3 heterocycles. The molecule has 4 N–H and O–H groups in total. The molecule has 2 aliphatic rings. The molecule has 1 saturated heterocycles. The third-order valence-electron chi connectivity index (χ3n) is 7.31. The highest BCUT2D eigenvalue weighted by Gasteiger charge is 2.28. The SMILES string of the molecule is O=C1/C(=C/c2ccc(Cl)cc2)CN(CC2=CN(CCNc3ccnc4cc(Cl)ccc34)[NH2+]N2)C/C1=C\c1ccc(Cl)cc1.